The van der Waals surface area contributed by atoms with E-state index in [4.69, 9.17) is 5.53 Å². The van der Waals surface area contributed by atoms with E-state index in [-0.39, 0.29) is 11.0 Å². The van der Waals surface area contributed by atoms with Crippen LogP contribution in [0.2, 0.25) is 0 Å². The second-order valence-corrected chi connectivity index (χ2v) is 4.08. The van der Waals surface area contributed by atoms with Gasteiger partial charge in [0.1, 0.15) is 0 Å². The molecule has 0 amide bonds. The minimum atomic E-state index is -0.637. The molecule has 0 aromatic carbocycles. The lowest BCUT2D eigenvalue weighted by Gasteiger charge is -2.11. The third kappa shape index (κ3) is 7.06. The minimum Gasteiger partial charge on any atom is -0.264 e. The zero-order valence-corrected chi connectivity index (χ0v) is 10.0. The topological polar surface area (TPSA) is 91.9 Å². The molecule has 0 aromatic heterocycles. The van der Waals surface area contributed by atoms with Gasteiger partial charge in [0, 0.05) is 29.2 Å². The number of unbranched alkanes of at least 4 members (excludes halogenated alkanes) is 3. The first-order valence-electron chi connectivity index (χ1n) is 5.79. The highest BCUT2D eigenvalue weighted by atomic mass is 16.6. The Bertz CT molecular complexity index is 251. The molecule has 0 aromatic rings. The second kappa shape index (κ2) is 8.97. The molecule has 0 aliphatic carbocycles. The van der Waals surface area contributed by atoms with Gasteiger partial charge < -0.3 is 0 Å². The Hall–Kier alpha value is -1.29. The number of azide groups is 1. The van der Waals surface area contributed by atoms with Crippen molar-refractivity contribution in [3.8, 4) is 0 Å². The summed E-state index contributed by atoms with van der Waals surface area (Å²) < 4.78 is 0. The number of hydrogen-bond donors (Lipinski definition) is 0. The van der Waals surface area contributed by atoms with Crippen LogP contribution in [0.5, 0.6) is 0 Å². The molecular weight excluding hydrogens is 208 g/mol. The highest BCUT2D eigenvalue weighted by Gasteiger charge is 2.18. The first-order chi connectivity index (χ1) is 7.61. The van der Waals surface area contributed by atoms with Crippen molar-refractivity contribution in [3.63, 3.8) is 0 Å². The molecule has 6 heteroatoms. The largest absolute Gasteiger partial charge is 0.264 e. The van der Waals surface area contributed by atoms with Crippen molar-refractivity contribution < 1.29 is 4.92 Å². The van der Waals surface area contributed by atoms with Gasteiger partial charge in [-0.15, -0.1) is 0 Å². The molecule has 0 N–H and O–H groups in total. The molecule has 0 rings (SSSR count). The molecule has 0 bridgehead atoms. The number of hydrogen-bond acceptors (Lipinski definition) is 3. The summed E-state index contributed by atoms with van der Waals surface area (Å²) in [7, 11) is 0. The summed E-state index contributed by atoms with van der Waals surface area (Å²) in [4.78, 5) is 12.9. The van der Waals surface area contributed by atoms with E-state index >= 15 is 0 Å². The zero-order chi connectivity index (χ0) is 12.4. The summed E-state index contributed by atoms with van der Waals surface area (Å²) in [6.45, 7) is 3.67. The van der Waals surface area contributed by atoms with E-state index < -0.39 is 6.04 Å². The van der Waals surface area contributed by atoms with Gasteiger partial charge in [-0.25, -0.2) is 0 Å². The van der Waals surface area contributed by atoms with Crippen molar-refractivity contribution in [1.82, 2.24) is 0 Å². The Morgan fingerprint density at radius 1 is 1.44 bits per heavy atom. The zero-order valence-electron chi connectivity index (χ0n) is 10.0. The summed E-state index contributed by atoms with van der Waals surface area (Å²) in [5.41, 5.74) is 8.38. The molecule has 0 fully saturated rings. The van der Waals surface area contributed by atoms with Crippen LogP contribution in [-0.4, -0.2) is 17.0 Å². The van der Waals surface area contributed by atoms with E-state index in [1.807, 2.05) is 0 Å². The Morgan fingerprint density at radius 3 is 2.62 bits per heavy atom. The Kier molecular flexibility index (Phi) is 8.25. The third-order valence-electron chi connectivity index (χ3n) is 2.58. The molecule has 2 atom stereocenters. The number of rotatable bonds is 9. The van der Waals surface area contributed by atoms with E-state index in [9.17, 15) is 10.1 Å². The first-order valence-corrected chi connectivity index (χ1v) is 5.79. The summed E-state index contributed by atoms with van der Waals surface area (Å²) in [5.74, 6) is 0. The SMILES string of the molecule is CCCCCCC(CC(C)[N+](=O)[O-])N=[N+]=[N-]. The van der Waals surface area contributed by atoms with Crippen molar-refractivity contribution in [2.45, 2.75) is 64.5 Å². The van der Waals surface area contributed by atoms with Gasteiger partial charge >= 0.3 is 0 Å². The molecule has 92 valence electrons. The van der Waals surface area contributed by atoms with Crippen LogP contribution in [-0.2, 0) is 0 Å². The standard InChI is InChI=1S/C10H20N4O2/c1-3-4-5-6-7-10(12-13-11)8-9(2)14(15)16/h9-10H,3-8H2,1-2H3. The lowest BCUT2D eigenvalue weighted by atomic mass is 10.0. The average Bonchev–Trinajstić information content (AvgIpc) is 2.24. The molecule has 0 spiro atoms. The van der Waals surface area contributed by atoms with Crippen LogP contribution in [0.25, 0.3) is 10.4 Å². The molecular formula is C10H20N4O2. The van der Waals surface area contributed by atoms with Crippen LogP contribution < -0.4 is 0 Å². The van der Waals surface area contributed by atoms with Gasteiger partial charge in [-0.1, -0.05) is 37.7 Å². The predicted octanol–water partition coefficient (Wildman–Crippen LogP) is 3.69. The van der Waals surface area contributed by atoms with E-state index in [0.29, 0.717) is 6.42 Å². The van der Waals surface area contributed by atoms with Crippen molar-refractivity contribution in [2.24, 2.45) is 5.11 Å². The van der Waals surface area contributed by atoms with Gasteiger partial charge in [-0.2, -0.15) is 0 Å². The van der Waals surface area contributed by atoms with Gasteiger partial charge in [0.2, 0.25) is 6.04 Å². The van der Waals surface area contributed by atoms with Crippen LogP contribution in [0, 0.1) is 10.1 Å². The molecule has 6 nitrogen and oxygen atoms in total. The maximum absolute atomic E-state index is 10.5. The minimum absolute atomic E-state index is 0.234. The molecule has 0 aliphatic rings. The summed E-state index contributed by atoms with van der Waals surface area (Å²) in [6.07, 6.45) is 5.47. The predicted molar refractivity (Wildman–Crippen MR) is 62.8 cm³/mol. The molecule has 0 saturated heterocycles. The summed E-state index contributed by atoms with van der Waals surface area (Å²) in [5, 5.41) is 14.1. The van der Waals surface area contributed by atoms with E-state index in [1.54, 1.807) is 6.92 Å². The van der Waals surface area contributed by atoms with E-state index in [0.717, 1.165) is 32.1 Å². The number of nitrogens with zero attached hydrogens (tertiary/aromatic N) is 4. The third-order valence-corrected chi connectivity index (χ3v) is 2.58. The lowest BCUT2D eigenvalue weighted by Crippen LogP contribution is -2.21. The molecule has 0 heterocycles. The quantitative estimate of drug-likeness (QED) is 0.150. The lowest BCUT2D eigenvalue weighted by molar-refractivity contribution is -0.519. The maximum Gasteiger partial charge on any atom is 0.210 e. The van der Waals surface area contributed by atoms with Gasteiger partial charge in [0.05, 0.1) is 0 Å². The second-order valence-electron chi connectivity index (χ2n) is 4.08. The molecule has 0 radical (unpaired) electrons. The number of nitro groups is 1. The normalized spacial score (nSPS) is 13.9. The van der Waals surface area contributed by atoms with Crippen LogP contribution in [0.15, 0.2) is 5.11 Å². The fourth-order valence-corrected chi connectivity index (χ4v) is 1.58. The monoisotopic (exact) mass is 228 g/mol. The fourth-order valence-electron chi connectivity index (χ4n) is 1.58. The van der Waals surface area contributed by atoms with Gasteiger partial charge in [-0.05, 0) is 12.0 Å². The highest BCUT2D eigenvalue weighted by molar-refractivity contribution is 4.70. The van der Waals surface area contributed by atoms with Crippen LogP contribution >= 0.6 is 0 Å². The summed E-state index contributed by atoms with van der Waals surface area (Å²) >= 11 is 0. The van der Waals surface area contributed by atoms with Crippen LogP contribution in [0.3, 0.4) is 0 Å². The Morgan fingerprint density at radius 2 is 2.12 bits per heavy atom. The van der Waals surface area contributed by atoms with Crippen molar-refractivity contribution in [1.29, 1.82) is 0 Å². The van der Waals surface area contributed by atoms with E-state index in [2.05, 4.69) is 16.9 Å². The molecule has 2 unspecified atom stereocenters. The smallest absolute Gasteiger partial charge is 0.210 e. The average molecular weight is 228 g/mol. The fraction of sp³-hybridized carbons (Fsp3) is 1.00. The van der Waals surface area contributed by atoms with Gasteiger partial charge in [0.25, 0.3) is 0 Å². The van der Waals surface area contributed by atoms with Crippen LogP contribution in [0.1, 0.15) is 52.4 Å². The molecule has 0 saturated carbocycles. The Labute approximate surface area is 95.8 Å². The van der Waals surface area contributed by atoms with Crippen molar-refractivity contribution in [3.05, 3.63) is 20.6 Å². The first kappa shape index (κ1) is 14.7. The molecule has 16 heavy (non-hydrogen) atoms. The van der Waals surface area contributed by atoms with Crippen LogP contribution in [0.4, 0.5) is 0 Å². The Balaban J connectivity index is 3.97. The summed E-state index contributed by atoms with van der Waals surface area (Å²) in [6, 6.07) is -0.871. The van der Waals surface area contributed by atoms with Gasteiger partial charge in [0.15, 0.2) is 0 Å². The van der Waals surface area contributed by atoms with Crippen molar-refractivity contribution >= 4 is 0 Å². The maximum atomic E-state index is 10.5. The van der Waals surface area contributed by atoms with Crippen molar-refractivity contribution in [2.75, 3.05) is 0 Å². The van der Waals surface area contributed by atoms with E-state index in [1.165, 1.54) is 0 Å². The van der Waals surface area contributed by atoms with Gasteiger partial charge in [-0.3, -0.25) is 10.1 Å². The molecule has 0 aliphatic heterocycles. The highest BCUT2D eigenvalue weighted by Crippen LogP contribution is 2.14.